The first kappa shape index (κ1) is 19.4. The van der Waals surface area contributed by atoms with E-state index < -0.39 is 0 Å². The average molecular weight is 345 g/mol. The van der Waals surface area contributed by atoms with E-state index in [1.165, 1.54) is 5.69 Å². The van der Waals surface area contributed by atoms with E-state index in [2.05, 4.69) is 36.6 Å². The maximum atomic E-state index is 12.6. The number of carbonyl (C=O) groups is 1. The Morgan fingerprint density at radius 2 is 1.96 bits per heavy atom. The van der Waals surface area contributed by atoms with Crippen LogP contribution in [0.3, 0.4) is 0 Å². The van der Waals surface area contributed by atoms with Crippen molar-refractivity contribution in [1.82, 2.24) is 19.6 Å². The van der Waals surface area contributed by atoms with Gasteiger partial charge < -0.3 is 4.90 Å². The summed E-state index contributed by atoms with van der Waals surface area (Å²) < 4.78 is 2.07. The molecule has 0 fully saturated rings. The first-order chi connectivity index (χ1) is 11.9. The van der Waals surface area contributed by atoms with Crippen molar-refractivity contribution in [3.05, 3.63) is 42.3 Å². The molecule has 0 aliphatic heterocycles. The van der Waals surface area contributed by atoms with Gasteiger partial charge in [0.25, 0.3) is 5.91 Å². The van der Waals surface area contributed by atoms with E-state index in [0.29, 0.717) is 17.7 Å². The van der Waals surface area contributed by atoms with Gasteiger partial charge in [-0.05, 0) is 25.2 Å². The predicted molar refractivity (Wildman–Crippen MR) is 103 cm³/mol. The summed E-state index contributed by atoms with van der Waals surface area (Å²) in [5.74, 6) is 0.500. The van der Waals surface area contributed by atoms with E-state index in [1.807, 2.05) is 12.2 Å². The van der Waals surface area contributed by atoms with Crippen molar-refractivity contribution >= 4 is 5.91 Å². The third-order valence-corrected chi connectivity index (χ3v) is 4.71. The van der Waals surface area contributed by atoms with Crippen molar-refractivity contribution in [1.29, 1.82) is 0 Å². The Morgan fingerprint density at radius 1 is 1.32 bits per heavy atom. The second-order valence-corrected chi connectivity index (χ2v) is 7.48. The molecule has 1 aromatic rings. The van der Waals surface area contributed by atoms with Crippen LogP contribution in [-0.4, -0.2) is 58.7 Å². The molecule has 0 saturated heterocycles. The third-order valence-electron chi connectivity index (χ3n) is 4.71. The van der Waals surface area contributed by atoms with Gasteiger partial charge in [0.05, 0.1) is 0 Å². The van der Waals surface area contributed by atoms with Crippen molar-refractivity contribution in [3.63, 3.8) is 0 Å². The Morgan fingerprint density at radius 3 is 2.48 bits per heavy atom. The van der Waals surface area contributed by atoms with Crippen LogP contribution < -0.4 is 0 Å². The van der Waals surface area contributed by atoms with E-state index in [1.54, 1.807) is 19.0 Å². The molecule has 1 heterocycles. The summed E-state index contributed by atoms with van der Waals surface area (Å²) >= 11 is 0. The number of aromatic nitrogens is 2. The molecule has 2 rings (SSSR count). The highest BCUT2D eigenvalue weighted by atomic mass is 16.2. The van der Waals surface area contributed by atoms with Gasteiger partial charge in [0.2, 0.25) is 0 Å². The lowest BCUT2D eigenvalue weighted by Gasteiger charge is -2.33. The van der Waals surface area contributed by atoms with Gasteiger partial charge >= 0.3 is 0 Å². The Labute approximate surface area is 152 Å². The van der Waals surface area contributed by atoms with E-state index >= 15 is 0 Å². The fraction of sp³-hybridized carbons (Fsp3) is 0.600. The molecule has 0 aromatic carbocycles. The van der Waals surface area contributed by atoms with E-state index in [0.717, 1.165) is 44.5 Å². The van der Waals surface area contributed by atoms with Gasteiger partial charge in [0.15, 0.2) is 5.69 Å². The van der Waals surface area contributed by atoms with Gasteiger partial charge in [-0.15, -0.1) is 13.2 Å². The van der Waals surface area contributed by atoms with E-state index in [9.17, 15) is 4.79 Å². The standard InChI is InChI=1S/C20H32N4O/c1-7-11-23(12-8-2)16-9-10-18-17(13-16)19(20(25)22(5)6)21-24(18)14-15(3)4/h7-8,15-16H,1-2,9-14H2,3-6H3/t16-/m1/s1. The maximum Gasteiger partial charge on any atom is 0.274 e. The molecule has 1 aromatic heterocycles. The fourth-order valence-electron chi connectivity index (χ4n) is 3.57. The summed E-state index contributed by atoms with van der Waals surface area (Å²) in [5.41, 5.74) is 3.00. The molecule has 0 bridgehead atoms. The lowest BCUT2D eigenvalue weighted by Crippen LogP contribution is -2.40. The van der Waals surface area contributed by atoms with Crippen LogP contribution in [0.25, 0.3) is 0 Å². The minimum absolute atomic E-state index is 0.00148. The Bertz CT molecular complexity index is 620. The molecule has 5 heteroatoms. The first-order valence-electron chi connectivity index (χ1n) is 9.15. The fourth-order valence-corrected chi connectivity index (χ4v) is 3.57. The van der Waals surface area contributed by atoms with Gasteiger partial charge in [-0.1, -0.05) is 26.0 Å². The molecule has 5 nitrogen and oxygen atoms in total. The van der Waals surface area contributed by atoms with Crippen LogP contribution >= 0.6 is 0 Å². The molecular weight excluding hydrogens is 312 g/mol. The van der Waals surface area contributed by atoms with Crippen molar-refractivity contribution in [3.8, 4) is 0 Å². The molecule has 1 atom stereocenters. The predicted octanol–water partition coefficient (Wildman–Crippen LogP) is 2.77. The number of nitrogens with zero attached hydrogens (tertiary/aromatic N) is 4. The molecule has 0 N–H and O–H groups in total. The topological polar surface area (TPSA) is 41.4 Å². The summed E-state index contributed by atoms with van der Waals surface area (Å²) in [6, 6.07) is 0.397. The summed E-state index contributed by atoms with van der Waals surface area (Å²) in [5, 5.41) is 4.71. The molecule has 1 aliphatic rings. The number of fused-ring (bicyclic) bond motifs is 1. The van der Waals surface area contributed by atoms with Crippen LogP contribution in [0.4, 0.5) is 0 Å². The van der Waals surface area contributed by atoms with Gasteiger partial charge in [-0.25, -0.2) is 0 Å². The Balaban J connectivity index is 2.37. The minimum atomic E-state index is -0.00148. The van der Waals surface area contributed by atoms with Crippen LogP contribution in [0.15, 0.2) is 25.3 Å². The average Bonchev–Trinajstić information content (AvgIpc) is 2.91. The molecule has 138 valence electrons. The lowest BCUT2D eigenvalue weighted by atomic mass is 9.90. The summed E-state index contributed by atoms with van der Waals surface area (Å²) in [6.45, 7) is 14.6. The molecule has 1 amide bonds. The molecule has 0 unspecified atom stereocenters. The van der Waals surface area contributed by atoms with Gasteiger partial charge in [0.1, 0.15) is 0 Å². The maximum absolute atomic E-state index is 12.6. The number of amides is 1. The van der Waals surface area contributed by atoms with Crippen LogP contribution in [0, 0.1) is 5.92 Å². The van der Waals surface area contributed by atoms with E-state index in [4.69, 9.17) is 5.10 Å². The smallest absolute Gasteiger partial charge is 0.274 e. The monoisotopic (exact) mass is 344 g/mol. The highest BCUT2D eigenvalue weighted by molar-refractivity contribution is 5.93. The van der Waals surface area contributed by atoms with Gasteiger partial charge in [-0.3, -0.25) is 14.4 Å². The lowest BCUT2D eigenvalue weighted by molar-refractivity contribution is 0.0819. The van der Waals surface area contributed by atoms with Crippen LogP contribution in [-0.2, 0) is 19.4 Å². The molecular formula is C20H32N4O. The Hall–Kier alpha value is -1.88. The number of rotatable bonds is 8. The second kappa shape index (κ2) is 8.48. The highest BCUT2D eigenvalue weighted by Gasteiger charge is 2.31. The van der Waals surface area contributed by atoms with E-state index in [-0.39, 0.29) is 5.91 Å². The number of carbonyl (C=O) groups excluding carboxylic acids is 1. The quantitative estimate of drug-likeness (QED) is 0.681. The molecule has 0 saturated carbocycles. The zero-order valence-electron chi connectivity index (χ0n) is 16.2. The van der Waals surface area contributed by atoms with Crippen LogP contribution in [0.5, 0.6) is 0 Å². The summed E-state index contributed by atoms with van der Waals surface area (Å²) in [6.07, 6.45) is 6.78. The van der Waals surface area contributed by atoms with Crippen LogP contribution in [0.2, 0.25) is 0 Å². The molecule has 25 heavy (non-hydrogen) atoms. The van der Waals surface area contributed by atoms with Crippen molar-refractivity contribution < 1.29 is 4.79 Å². The summed E-state index contributed by atoms with van der Waals surface area (Å²) in [7, 11) is 3.58. The second-order valence-electron chi connectivity index (χ2n) is 7.48. The van der Waals surface area contributed by atoms with Crippen molar-refractivity contribution in [2.75, 3.05) is 27.2 Å². The zero-order chi connectivity index (χ0) is 18.6. The van der Waals surface area contributed by atoms with Crippen molar-refractivity contribution in [2.24, 2.45) is 5.92 Å². The molecule has 0 radical (unpaired) electrons. The third kappa shape index (κ3) is 4.40. The van der Waals surface area contributed by atoms with Crippen LogP contribution in [0.1, 0.15) is 42.0 Å². The SMILES string of the molecule is C=CCN(CC=C)[C@@H]1CCc2c(c(C(=O)N(C)C)nn2CC(C)C)C1. The highest BCUT2D eigenvalue weighted by Crippen LogP contribution is 2.28. The van der Waals surface area contributed by atoms with Gasteiger partial charge in [-0.2, -0.15) is 5.10 Å². The normalized spacial score (nSPS) is 16.8. The van der Waals surface area contributed by atoms with Crippen molar-refractivity contribution in [2.45, 2.75) is 45.7 Å². The zero-order valence-corrected chi connectivity index (χ0v) is 16.2. The number of hydrogen-bond acceptors (Lipinski definition) is 3. The largest absolute Gasteiger partial charge is 0.343 e. The molecule has 1 aliphatic carbocycles. The van der Waals surface area contributed by atoms with Gasteiger partial charge in [0, 0.05) is 51.0 Å². The molecule has 0 spiro atoms. The Kier molecular flexibility index (Phi) is 6.59. The first-order valence-corrected chi connectivity index (χ1v) is 9.15. The summed E-state index contributed by atoms with van der Waals surface area (Å²) in [4.78, 5) is 16.7. The number of hydrogen-bond donors (Lipinski definition) is 0. The minimum Gasteiger partial charge on any atom is -0.343 e.